The van der Waals surface area contributed by atoms with Crippen LogP contribution in [-0.2, 0) is 26.0 Å². The number of benzene rings is 2. The molecule has 0 atom stereocenters. The first-order valence-corrected chi connectivity index (χ1v) is 11.0. The summed E-state index contributed by atoms with van der Waals surface area (Å²) >= 11 is 0. The number of anilines is 1. The number of hydrogen-bond donors (Lipinski definition) is 2. The zero-order chi connectivity index (χ0) is 21.5. The third-order valence-electron chi connectivity index (χ3n) is 4.23. The van der Waals surface area contributed by atoms with Crippen molar-refractivity contribution in [2.45, 2.75) is 31.9 Å². The third-order valence-corrected chi connectivity index (χ3v) is 5.55. The van der Waals surface area contributed by atoms with Gasteiger partial charge in [0.2, 0.25) is 15.9 Å². The summed E-state index contributed by atoms with van der Waals surface area (Å²) in [7, 11) is -3.40. The number of amides is 1. The second kappa shape index (κ2) is 9.67. The first-order chi connectivity index (χ1) is 13.6. The molecule has 0 fully saturated rings. The number of carbonyl (C=O) groups is 1. The van der Waals surface area contributed by atoms with Gasteiger partial charge in [0.15, 0.2) is 0 Å². The van der Waals surface area contributed by atoms with Crippen molar-refractivity contribution in [2.24, 2.45) is 0 Å². The molecular weight excluding hydrogens is 384 g/mol. The van der Waals surface area contributed by atoms with Gasteiger partial charge >= 0.3 is 0 Å². The molecule has 1 amide bonds. The van der Waals surface area contributed by atoms with Gasteiger partial charge in [-0.05, 0) is 40.3 Å². The predicted octanol–water partition coefficient (Wildman–Crippen LogP) is 4.24. The molecule has 0 radical (unpaired) electrons. The molecule has 6 heteroatoms. The molecule has 0 spiro atoms. The Morgan fingerprint density at radius 2 is 1.66 bits per heavy atom. The van der Waals surface area contributed by atoms with Crippen LogP contribution in [0, 0.1) is 0 Å². The van der Waals surface area contributed by atoms with E-state index in [4.69, 9.17) is 0 Å². The van der Waals surface area contributed by atoms with Gasteiger partial charge in [-0.3, -0.25) is 4.79 Å². The first-order valence-electron chi connectivity index (χ1n) is 9.36. The topological polar surface area (TPSA) is 75.3 Å². The number of carbonyl (C=O) groups excluding carboxylic acids is 1. The van der Waals surface area contributed by atoms with Crippen molar-refractivity contribution in [3.05, 3.63) is 84.0 Å². The fourth-order valence-corrected chi connectivity index (χ4v) is 3.70. The summed E-state index contributed by atoms with van der Waals surface area (Å²) in [4.78, 5) is 12.1. The summed E-state index contributed by atoms with van der Waals surface area (Å²) < 4.78 is 26.2. The molecule has 0 saturated heterocycles. The maximum absolute atomic E-state index is 12.1. The Morgan fingerprint density at radius 3 is 2.21 bits per heavy atom. The van der Waals surface area contributed by atoms with E-state index in [1.807, 2.05) is 12.1 Å². The predicted molar refractivity (Wildman–Crippen MR) is 120 cm³/mol. The monoisotopic (exact) mass is 412 g/mol. The Labute approximate surface area is 173 Å². The molecule has 0 saturated carbocycles. The molecule has 0 unspecified atom stereocenters. The molecule has 0 aliphatic heterocycles. The van der Waals surface area contributed by atoms with Crippen LogP contribution in [0.4, 0.5) is 5.69 Å². The fourth-order valence-electron chi connectivity index (χ4n) is 2.59. The van der Waals surface area contributed by atoms with Crippen LogP contribution in [0.5, 0.6) is 0 Å². The molecule has 29 heavy (non-hydrogen) atoms. The minimum Gasteiger partial charge on any atom is -0.323 e. The molecule has 0 aliphatic carbocycles. The van der Waals surface area contributed by atoms with Crippen LogP contribution in [0.1, 0.15) is 37.5 Å². The SMILES string of the molecule is C=CCNS(=O)(=O)Cc1ccc(NC(=O)/C=C/c2ccc(C(C)(C)C)cc2)cc1. The van der Waals surface area contributed by atoms with Gasteiger partial charge in [0.1, 0.15) is 0 Å². The summed E-state index contributed by atoms with van der Waals surface area (Å²) in [6.07, 6.45) is 4.72. The molecule has 0 aliphatic rings. The second-order valence-electron chi connectivity index (χ2n) is 7.79. The largest absolute Gasteiger partial charge is 0.323 e. The van der Waals surface area contributed by atoms with Gasteiger partial charge in [-0.2, -0.15) is 0 Å². The number of sulfonamides is 1. The Hall–Kier alpha value is -2.70. The van der Waals surface area contributed by atoms with Crippen molar-refractivity contribution < 1.29 is 13.2 Å². The van der Waals surface area contributed by atoms with Crippen LogP contribution in [0.2, 0.25) is 0 Å². The third kappa shape index (κ3) is 7.68. The van der Waals surface area contributed by atoms with E-state index in [-0.39, 0.29) is 23.6 Å². The average Bonchev–Trinajstić information content (AvgIpc) is 2.66. The van der Waals surface area contributed by atoms with Gasteiger partial charge in [-0.1, -0.05) is 63.2 Å². The zero-order valence-corrected chi connectivity index (χ0v) is 17.9. The lowest BCUT2D eigenvalue weighted by molar-refractivity contribution is -0.111. The Morgan fingerprint density at radius 1 is 1.03 bits per heavy atom. The smallest absolute Gasteiger partial charge is 0.248 e. The molecular formula is C23H28N2O3S. The molecule has 2 N–H and O–H groups in total. The number of hydrogen-bond acceptors (Lipinski definition) is 3. The molecule has 0 heterocycles. The van der Waals surface area contributed by atoms with Crippen molar-refractivity contribution in [2.75, 3.05) is 11.9 Å². The Bertz CT molecular complexity index is 968. The van der Waals surface area contributed by atoms with E-state index >= 15 is 0 Å². The Kier molecular flexibility index (Phi) is 7.53. The van der Waals surface area contributed by atoms with Crippen molar-refractivity contribution in [1.29, 1.82) is 0 Å². The van der Waals surface area contributed by atoms with Gasteiger partial charge in [-0.25, -0.2) is 13.1 Å². The fraction of sp³-hybridized carbons (Fsp3) is 0.261. The van der Waals surface area contributed by atoms with Gasteiger partial charge in [-0.15, -0.1) is 6.58 Å². The minimum atomic E-state index is -3.40. The number of nitrogens with one attached hydrogen (secondary N) is 2. The van der Waals surface area contributed by atoms with Crippen molar-refractivity contribution in [3.8, 4) is 0 Å². The van der Waals surface area contributed by atoms with E-state index in [0.717, 1.165) is 5.56 Å². The van der Waals surface area contributed by atoms with E-state index in [9.17, 15) is 13.2 Å². The maximum atomic E-state index is 12.1. The summed E-state index contributed by atoms with van der Waals surface area (Å²) in [5, 5.41) is 2.77. The lowest BCUT2D eigenvalue weighted by Gasteiger charge is -2.18. The van der Waals surface area contributed by atoms with Crippen LogP contribution in [-0.4, -0.2) is 20.9 Å². The summed E-state index contributed by atoms with van der Waals surface area (Å²) in [5.41, 5.74) is 3.51. The van der Waals surface area contributed by atoms with Crippen molar-refractivity contribution in [3.63, 3.8) is 0 Å². The number of rotatable bonds is 8. The molecule has 2 rings (SSSR count). The highest BCUT2D eigenvalue weighted by atomic mass is 32.2. The van der Waals surface area contributed by atoms with Gasteiger partial charge in [0, 0.05) is 18.3 Å². The van der Waals surface area contributed by atoms with Crippen molar-refractivity contribution >= 4 is 27.7 Å². The van der Waals surface area contributed by atoms with E-state index in [0.29, 0.717) is 11.3 Å². The van der Waals surface area contributed by atoms with Gasteiger partial charge in [0.05, 0.1) is 5.75 Å². The molecule has 2 aromatic carbocycles. The highest BCUT2D eigenvalue weighted by Crippen LogP contribution is 2.22. The molecule has 0 aromatic heterocycles. The van der Waals surface area contributed by atoms with Gasteiger partial charge in [0.25, 0.3) is 0 Å². The normalized spacial score (nSPS) is 12.1. The maximum Gasteiger partial charge on any atom is 0.248 e. The van der Waals surface area contributed by atoms with Gasteiger partial charge < -0.3 is 5.32 Å². The standard InChI is InChI=1S/C23H28N2O3S/c1-5-16-24-29(27,28)17-19-8-13-21(14-9-19)25-22(26)15-10-18-6-11-20(12-7-18)23(2,3)4/h5-15,24H,1,16-17H2,2-4H3,(H,25,26)/b15-10+. The molecule has 2 aromatic rings. The summed E-state index contributed by atoms with van der Waals surface area (Å²) in [6, 6.07) is 14.8. The van der Waals surface area contributed by atoms with Crippen LogP contribution in [0.25, 0.3) is 6.08 Å². The Balaban J connectivity index is 1.93. The molecule has 154 valence electrons. The van der Waals surface area contributed by atoms with E-state index in [1.54, 1.807) is 30.3 Å². The van der Waals surface area contributed by atoms with Crippen LogP contribution in [0.3, 0.4) is 0 Å². The van der Waals surface area contributed by atoms with Crippen molar-refractivity contribution in [1.82, 2.24) is 4.72 Å². The van der Waals surface area contributed by atoms with E-state index in [2.05, 4.69) is 49.5 Å². The summed E-state index contributed by atoms with van der Waals surface area (Å²) in [5.74, 6) is -0.377. The zero-order valence-electron chi connectivity index (χ0n) is 17.1. The van der Waals surface area contributed by atoms with E-state index in [1.165, 1.54) is 17.7 Å². The lowest BCUT2D eigenvalue weighted by Crippen LogP contribution is -2.25. The molecule has 5 nitrogen and oxygen atoms in total. The molecule has 0 bridgehead atoms. The minimum absolute atomic E-state index is 0.0901. The van der Waals surface area contributed by atoms with Crippen LogP contribution < -0.4 is 10.0 Å². The van der Waals surface area contributed by atoms with E-state index < -0.39 is 10.0 Å². The first kappa shape index (κ1) is 22.6. The second-order valence-corrected chi connectivity index (χ2v) is 9.59. The van der Waals surface area contributed by atoms with Crippen LogP contribution in [0.15, 0.2) is 67.3 Å². The highest BCUT2D eigenvalue weighted by molar-refractivity contribution is 7.88. The quantitative estimate of drug-likeness (QED) is 0.503. The average molecular weight is 413 g/mol. The summed E-state index contributed by atoms with van der Waals surface area (Å²) in [6.45, 7) is 10.2. The highest BCUT2D eigenvalue weighted by Gasteiger charge is 2.12. The van der Waals surface area contributed by atoms with Crippen LogP contribution >= 0.6 is 0 Å². The lowest BCUT2D eigenvalue weighted by atomic mass is 9.87.